The van der Waals surface area contributed by atoms with Crippen LogP contribution >= 0.6 is 0 Å². The zero-order valence-electron chi connectivity index (χ0n) is 83.5. The summed E-state index contributed by atoms with van der Waals surface area (Å²) in [5.74, 6) is -5.86. The van der Waals surface area contributed by atoms with Gasteiger partial charge in [-0.15, -0.1) is 0 Å². The predicted molar refractivity (Wildman–Crippen MR) is 501 cm³/mol. The molecule has 4 aliphatic carbocycles. The average Bonchev–Trinajstić information content (AvgIpc) is 1.78. The summed E-state index contributed by atoms with van der Waals surface area (Å²) in [5, 5.41) is 27.3. The van der Waals surface area contributed by atoms with Crippen LogP contribution in [0.4, 0.5) is 11.5 Å². The molecule has 7 rings (SSSR count). The van der Waals surface area contributed by atoms with Crippen molar-refractivity contribution in [1.29, 1.82) is 0 Å². The Morgan fingerprint density at radius 3 is 0.922 bits per heavy atom. The Kier molecular flexibility index (Phi) is 51.6. The van der Waals surface area contributed by atoms with Gasteiger partial charge >= 0.3 is 0 Å². The van der Waals surface area contributed by atoms with E-state index in [0.29, 0.717) is 42.9 Å². The molecule has 0 unspecified atom stereocenters. The van der Waals surface area contributed by atoms with E-state index >= 15 is 0 Å². The van der Waals surface area contributed by atoms with E-state index in [2.05, 4.69) is 53.0 Å². The van der Waals surface area contributed by atoms with Crippen molar-refractivity contribution in [3.05, 3.63) is 78.1 Å². The second kappa shape index (κ2) is 55.1. The fourth-order valence-electron chi connectivity index (χ4n) is 10.9. The number of aromatic nitrogens is 1. The highest BCUT2D eigenvalue weighted by molar-refractivity contribution is 6.43. The van der Waals surface area contributed by atoms with Crippen molar-refractivity contribution < 1.29 is 90.8 Å². The van der Waals surface area contributed by atoms with E-state index in [4.69, 9.17) is 4.52 Å². The van der Waals surface area contributed by atoms with Gasteiger partial charge in [0.2, 0.25) is 52.0 Å². The Balaban J connectivity index is 0. The van der Waals surface area contributed by atoms with Gasteiger partial charge in [-0.2, -0.15) is 0 Å². The summed E-state index contributed by atoms with van der Waals surface area (Å²) < 4.78 is 4.75. The molecule has 720 valence electrons. The van der Waals surface area contributed by atoms with Crippen LogP contribution in [0.3, 0.4) is 0 Å². The number of ketones is 9. The fraction of sp³-hybridized carbons (Fsp3) is 0.667. The fourth-order valence-corrected chi connectivity index (χ4v) is 10.9. The van der Waals surface area contributed by atoms with Crippen LogP contribution in [-0.2, 0) is 92.8 Å². The van der Waals surface area contributed by atoms with Gasteiger partial charge in [0.25, 0.3) is 53.2 Å². The Labute approximate surface area is 763 Å². The van der Waals surface area contributed by atoms with Gasteiger partial charge in [-0.05, 0) is 102 Å². The van der Waals surface area contributed by atoms with Crippen LogP contribution in [0, 0.1) is 67.5 Å². The number of Topliss-reactive ketones (excluding diaryl/α,β-unsaturated/α-hetero) is 9. The number of hydrogen-bond acceptors (Lipinski definition) is 20. The van der Waals surface area contributed by atoms with Crippen LogP contribution in [-0.4, -0.2) is 148 Å². The van der Waals surface area contributed by atoms with Gasteiger partial charge in [0, 0.05) is 104 Å². The minimum absolute atomic E-state index is 0.0174. The largest absolute Gasteiger partial charge is 0.360 e. The van der Waals surface area contributed by atoms with Crippen LogP contribution < -0.4 is 47.9 Å². The van der Waals surface area contributed by atoms with E-state index in [1.807, 2.05) is 64.1 Å². The molecule has 29 heteroatoms. The van der Waals surface area contributed by atoms with Gasteiger partial charge in [-0.1, -0.05) is 306 Å². The summed E-state index contributed by atoms with van der Waals surface area (Å²) in [7, 11) is 0. The van der Waals surface area contributed by atoms with Gasteiger partial charge in [0.05, 0.1) is 0 Å². The third-order valence-electron chi connectivity index (χ3n) is 19.1. The summed E-state index contributed by atoms with van der Waals surface area (Å²) in [6, 6.07) is 20.7. The Morgan fingerprint density at radius 1 is 0.328 bits per heavy atom. The number of benzene rings is 2. The third kappa shape index (κ3) is 53.0. The smallest absolute Gasteiger partial charge is 0.293 e. The first-order valence-corrected chi connectivity index (χ1v) is 44.9. The molecule has 4 saturated carbocycles. The number of carbonyl (C=O) groups excluding carboxylic acids is 18. The monoisotopic (exact) mass is 1790 g/mol. The number of aryl methyl sites for hydroxylation is 1. The summed E-state index contributed by atoms with van der Waals surface area (Å²) in [6.45, 7) is 58.0. The molecule has 9 N–H and O–H groups in total. The summed E-state index contributed by atoms with van der Waals surface area (Å²) in [5.41, 5.74) is -3.77. The molecule has 4 aliphatic rings. The molecule has 128 heavy (non-hydrogen) atoms. The SMILES string of the molecule is CC(C)(C)C(=O)C(=O)NC1CC1.CC(C)(C)C(=O)C(=O)NC1CCCC1.CC(C)(C)C(=O)C(=O)NC1CCCCC1.CC(C)(C)C(=O)C(=O)NCC1CCCCC1.CC(C)(C)C(=O)C(=O)NCc1ccccc1.CC(C)(C)C(=O)C(=O)Nc1ccccc1.CC(C)CNC(=O)C(=O)C(C)(C)C.CC(C)NC(=O)C(=O)C(C)(C)C.Cc1cc(NC(=O)C(=O)C(C)(C)C)no1. The molecule has 0 atom stereocenters. The Hall–Kier alpha value is -10.1. The minimum Gasteiger partial charge on any atom is -0.360 e. The van der Waals surface area contributed by atoms with Crippen molar-refractivity contribution in [2.75, 3.05) is 23.7 Å². The number of nitrogens with zero attached hydrogens (tertiary/aromatic N) is 1. The zero-order chi connectivity index (χ0) is 99.7. The topological polar surface area (TPSA) is 442 Å². The van der Waals surface area contributed by atoms with Crippen molar-refractivity contribution in [2.45, 2.75) is 355 Å². The van der Waals surface area contributed by atoms with Gasteiger partial charge in [0.15, 0.2) is 5.82 Å². The van der Waals surface area contributed by atoms with E-state index in [9.17, 15) is 86.3 Å². The highest BCUT2D eigenvalue weighted by atomic mass is 16.5. The van der Waals surface area contributed by atoms with E-state index in [1.165, 1.54) is 38.5 Å². The van der Waals surface area contributed by atoms with E-state index in [-0.39, 0.29) is 70.5 Å². The molecule has 0 saturated heterocycles. The predicted octanol–water partition coefficient (Wildman–Crippen LogP) is 15.1. The van der Waals surface area contributed by atoms with Crippen molar-refractivity contribution in [3.8, 4) is 0 Å². The summed E-state index contributed by atoms with van der Waals surface area (Å²) in [4.78, 5) is 206. The highest BCUT2D eigenvalue weighted by Crippen LogP contribution is 2.27. The third-order valence-corrected chi connectivity index (χ3v) is 19.1. The quantitative estimate of drug-likeness (QED) is 0.0447. The maximum atomic E-state index is 11.6. The molecule has 0 bridgehead atoms. The second-order valence-corrected chi connectivity index (χ2v) is 42.9. The number of carbonyl (C=O) groups is 18. The first-order valence-electron chi connectivity index (χ1n) is 44.9. The Bertz CT molecular complexity index is 4090. The molecule has 1 heterocycles. The van der Waals surface area contributed by atoms with Gasteiger partial charge in [-0.3, -0.25) is 86.3 Å². The summed E-state index contributed by atoms with van der Waals surface area (Å²) in [6.07, 6.45) is 18.2. The van der Waals surface area contributed by atoms with E-state index in [0.717, 1.165) is 69.8 Å². The lowest BCUT2D eigenvalue weighted by Gasteiger charge is -2.24. The molecular formula is C99H160N10O19. The number of amides is 9. The number of hydrogen-bond donors (Lipinski definition) is 9. The highest BCUT2D eigenvalue weighted by Gasteiger charge is 2.37. The molecule has 2 aromatic carbocycles. The zero-order valence-corrected chi connectivity index (χ0v) is 83.5. The first-order chi connectivity index (χ1) is 58.3. The van der Waals surface area contributed by atoms with E-state index < -0.39 is 113 Å². The molecule has 29 nitrogen and oxygen atoms in total. The molecule has 1 aromatic heterocycles. The molecular weight excluding hydrogens is 1630 g/mol. The lowest BCUT2D eigenvalue weighted by molar-refractivity contribution is -0.143. The maximum Gasteiger partial charge on any atom is 0.293 e. The van der Waals surface area contributed by atoms with Crippen LogP contribution in [0.2, 0.25) is 0 Å². The van der Waals surface area contributed by atoms with Crippen molar-refractivity contribution in [2.24, 2.45) is 60.6 Å². The number of para-hydroxylation sites is 1. The van der Waals surface area contributed by atoms with Gasteiger partial charge in [-0.25, -0.2) is 0 Å². The summed E-state index contributed by atoms with van der Waals surface area (Å²) >= 11 is 0. The van der Waals surface area contributed by atoms with Crippen LogP contribution in [0.5, 0.6) is 0 Å². The molecule has 9 amide bonds. The molecule has 3 aromatic rings. The van der Waals surface area contributed by atoms with Crippen molar-refractivity contribution in [3.63, 3.8) is 0 Å². The number of anilines is 2. The number of rotatable bonds is 21. The van der Waals surface area contributed by atoms with E-state index in [1.54, 1.807) is 224 Å². The van der Waals surface area contributed by atoms with Crippen molar-refractivity contribution in [1.82, 2.24) is 42.4 Å². The molecule has 0 radical (unpaired) electrons. The van der Waals surface area contributed by atoms with Crippen LogP contribution in [0.15, 0.2) is 71.3 Å². The maximum absolute atomic E-state index is 11.6. The lowest BCUT2D eigenvalue weighted by Crippen LogP contribution is -2.44. The van der Waals surface area contributed by atoms with Crippen LogP contribution in [0.25, 0.3) is 0 Å². The average molecular weight is 1790 g/mol. The van der Waals surface area contributed by atoms with Gasteiger partial charge in [0.1, 0.15) is 5.76 Å². The molecule has 4 fully saturated rings. The Morgan fingerprint density at radius 2 is 0.609 bits per heavy atom. The minimum atomic E-state index is -0.692. The second-order valence-electron chi connectivity index (χ2n) is 42.9. The van der Waals surface area contributed by atoms with Crippen LogP contribution in [0.1, 0.15) is 329 Å². The van der Waals surface area contributed by atoms with Crippen molar-refractivity contribution >= 4 is 117 Å². The number of nitrogens with one attached hydrogen (secondary N) is 9. The normalized spacial score (nSPS) is 14.3. The van der Waals surface area contributed by atoms with Gasteiger partial charge < -0.3 is 52.4 Å². The lowest BCUT2D eigenvalue weighted by atomic mass is 9.88. The molecule has 0 spiro atoms. The molecule has 0 aliphatic heterocycles. The first kappa shape index (κ1) is 120. The standard InChI is InChI=1S/C13H23NO2.C13H17NO2.C12H21NO2.C12H15NO2.C11H19NO2.C10H14N2O3.C10H19NO2.C9H15NO2.C9H17NO2/c2*1-13(2,3)11(15)12(16)14-9-10-7-5-4-6-8-10;2*1-12(2,3)10(14)11(15)13-9-7-5-4-6-8-9;1-11(2,3)9(13)10(14)12-8-6-4-5-7-8;1-6-5-7(12-15-6)11-9(14)8(13)10(2,3)4;1-7(2)6-11-9(13)8(12)10(3,4)5;1-9(2,3)7(11)8(12)10-6-4-5-6;1-6(2)10-8(12)7(11)9(3,4)5/h10H,4-9H2,1-3H3,(H,14,16);4-8H,9H2,1-3H3,(H,14,16);9H,4-8H2,1-3H3,(H,13,15);4-8H,1-3H3,(H,13,15);8H,4-7H2,1-3H3,(H,12,14);5H,1-4H3,(H,11,12,14);7H,6H2,1-5H3,(H,11,13);6H,4-5H2,1-3H3,(H,10,12);6H,1-5H3,(H,10,12).